The highest BCUT2D eigenvalue weighted by Gasteiger charge is 2.18. The van der Waals surface area contributed by atoms with Gasteiger partial charge in [-0.1, -0.05) is 6.07 Å². The third-order valence-corrected chi connectivity index (χ3v) is 2.44. The van der Waals surface area contributed by atoms with E-state index in [4.69, 9.17) is 0 Å². The Morgan fingerprint density at radius 2 is 2.46 bits per heavy atom. The Labute approximate surface area is 78.8 Å². The first-order valence-electron chi connectivity index (χ1n) is 4.76. The Hall–Kier alpha value is -1.09. The lowest BCUT2D eigenvalue weighted by molar-refractivity contribution is 0.497. The fourth-order valence-electron chi connectivity index (χ4n) is 1.71. The van der Waals surface area contributed by atoms with Crippen molar-refractivity contribution in [2.75, 3.05) is 24.5 Å². The molecule has 1 aromatic rings. The summed E-state index contributed by atoms with van der Waals surface area (Å²) in [5.41, 5.74) is 0. The minimum atomic E-state index is 0.545. The van der Waals surface area contributed by atoms with Gasteiger partial charge in [0.2, 0.25) is 0 Å². The van der Waals surface area contributed by atoms with Crippen molar-refractivity contribution in [3.63, 3.8) is 0 Å². The maximum absolute atomic E-state index is 4.35. The second-order valence-electron chi connectivity index (χ2n) is 3.43. The first kappa shape index (κ1) is 8.51. The van der Waals surface area contributed by atoms with Gasteiger partial charge in [-0.2, -0.15) is 0 Å². The monoisotopic (exact) mass is 177 g/mol. The fourth-order valence-corrected chi connectivity index (χ4v) is 1.71. The van der Waals surface area contributed by atoms with Gasteiger partial charge in [-0.25, -0.2) is 4.98 Å². The van der Waals surface area contributed by atoms with Crippen molar-refractivity contribution >= 4 is 5.82 Å². The van der Waals surface area contributed by atoms with E-state index in [0.717, 1.165) is 25.5 Å². The summed E-state index contributed by atoms with van der Waals surface area (Å²) < 4.78 is 0. The predicted octanol–water partition coefficient (Wildman–Crippen LogP) is 0.880. The second kappa shape index (κ2) is 3.75. The lowest BCUT2D eigenvalue weighted by Crippen LogP contribution is -2.50. The molecule has 3 nitrogen and oxygen atoms in total. The van der Waals surface area contributed by atoms with Gasteiger partial charge in [0.25, 0.3) is 0 Å². The number of pyridine rings is 1. The van der Waals surface area contributed by atoms with Crippen LogP contribution in [-0.4, -0.2) is 30.7 Å². The quantitative estimate of drug-likeness (QED) is 0.690. The van der Waals surface area contributed by atoms with E-state index < -0.39 is 0 Å². The van der Waals surface area contributed by atoms with E-state index in [9.17, 15) is 0 Å². The molecule has 1 atom stereocenters. The molecule has 1 aliphatic rings. The molecule has 0 unspecified atom stereocenters. The average molecular weight is 177 g/mol. The van der Waals surface area contributed by atoms with E-state index in [1.807, 2.05) is 18.3 Å². The van der Waals surface area contributed by atoms with Crippen LogP contribution in [0, 0.1) is 0 Å². The molecule has 1 saturated heterocycles. The van der Waals surface area contributed by atoms with Crippen LogP contribution in [0.15, 0.2) is 24.4 Å². The molecule has 0 bridgehead atoms. The molecular weight excluding hydrogens is 162 g/mol. The fraction of sp³-hybridized carbons (Fsp3) is 0.500. The number of hydrogen-bond donors (Lipinski definition) is 1. The number of aromatic nitrogens is 1. The summed E-state index contributed by atoms with van der Waals surface area (Å²) in [6, 6.07) is 6.61. The summed E-state index contributed by atoms with van der Waals surface area (Å²) in [6.45, 7) is 5.39. The van der Waals surface area contributed by atoms with Crippen LogP contribution in [0.25, 0.3) is 0 Å². The normalized spacial score (nSPS) is 23.2. The zero-order chi connectivity index (χ0) is 9.10. The zero-order valence-electron chi connectivity index (χ0n) is 7.90. The molecule has 0 spiro atoms. The minimum Gasteiger partial charge on any atom is -0.351 e. The smallest absolute Gasteiger partial charge is 0.128 e. The second-order valence-corrected chi connectivity index (χ2v) is 3.43. The van der Waals surface area contributed by atoms with Crippen LogP contribution in [0.1, 0.15) is 6.92 Å². The number of nitrogens with one attached hydrogen (secondary N) is 1. The van der Waals surface area contributed by atoms with Gasteiger partial charge in [-0.3, -0.25) is 0 Å². The average Bonchev–Trinajstić information content (AvgIpc) is 2.20. The maximum atomic E-state index is 4.35. The molecule has 0 saturated carbocycles. The minimum absolute atomic E-state index is 0.545. The third kappa shape index (κ3) is 1.80. The van der Waals surface area contributed by atoms with Crippen LogP contribution in [0.5, 0.6) is 0 Å². The SMILES string of the molecule is C[C@@H]1CNCCN1c1ccccn1. The van der Waals surface area contributed by atoms with E-state index in [1.165, 1.54) is 0 Å². The Bertz CT molecular complexity index is 260. The molecule has 0 aromatic carbocycles. The Kier molecular flexibility index (Phi) is 2.45. The van der Waals surface area contributed by atoms with Gasteiger partial charge in [0.1, 0.15) is 5.82 Å². The van der Waals surface area contributed by atoms with Gasteiger partial charge in [0, 0.05) is 31.9 Å². The number of hydrogen-bond acceptors (Lipinski definition) is 3. The molecular formula is C10H15N3. The topological polar surface area (TPSA) is 28.2 Å². The summed E-state index contributed by atoms with van der Waals surface area (Å²) in [7, 11) is 0. The summed E-state index contributed by atoms with van der Waals surface area (Å²) in [6.07, 6.45) is 1.85. The maximum Gasteiger partial charge on any atom is 0.128 e. The predicted molar refractivity (Wildman–Crippen MR) is 53.9 cm³/mol. The summed E-state index contributed by atoms with van der Waals surface area (Å²) in [5.74, 6) is 1.09. The molecule has 1 aromatic heterocycles. The standard InChI is InChI=1S/C10H15N3/c1-9-8-11-6-7-13(9)10-4-2-3-5-12-10/h2-5,9,11H,6-8H2,1H3/t9-/m1/s1. The molecule has 3 heteroatoms. The molecule has 0 amide bonds. The van der Waals surface area contributed by atoms with Crippen molar-refractivity contribution in [1.29, 1.82) is 0 Å². The summed E-state index contributed by atoms with van der Waals surface area (Å²) in [4.78, 5) is 6.69. The van der Waals surface area contributed by atoms with Crippen molar-refractivity contribution in [3.8, 4) is 0 Å². The van der Waals surface area contributed by atoms with E-state index in [-0.39, 0.29) is 0 Å². The van der Waals surface area contributed by atoms with Crippen LogP contribution in [0.4, 0.5) is 5.82 Å². The molecule has 1 fully saturated rings. The molecule has 2 rings (SSSR count). The van der Waals surface area contributed by atoms with Crippen molar-refractivity contribution in [3.05, 3.63) is 24.4 Å². The third-order valence-electron chi connectivity index (χ3n) is 2.44. The van der Waals surface area contributed by atoms with Gasteiger partial charge < -0.3 is 10.2 Å². The lowest BCUT2D eigenvalue weighted by Gasteiger charge is -2.34. The largest absolute Gasteiger partial charge is 0.351 e. The van der Waals surface area contributed by atoms with Crippen LogP contribution in [0.3, 0.4) is 0 Å². The number of rotatable bonds is 1. The number of nitrogens with zero attached hydrogens (tertiary/aromatic N) is 2. The van der Waals surface area contributed by atoms with Gasteiger partial charge in [-0.15, -0.1) is 0 Å². The van der Waals surface area contributed by atoms with Gasteiger partial charge in [0.05, 0.1) is 0 Å². The van der Waals surface area contributed by atoms with Crippen molar-refractivity contribution in [2.24, 2.45) is 0 Å². The van der Waals surface area contributed by atoms with Crippen molar-refractivity contribution in [2.45, 2.75) is 13.0 Å². The summed E-state index contributed by atoms with van der Waals surface area (Å²) >= 11 is 0. The molecule has 0 aliphatic carbocycles. The summed E-state index contributed by atoms with van der Waals surface area (Å²) in [5, 5.41) is 3.36. The Balaban J connectivity index is 2.15. The molecule has 0 radical (unpaired) electrons. The van der Waals surface area contributed by atoms with E-state index in [0.29, 0.717) is 6.04 Å². The highest BCUT2D eigenvalue weighted by atomic mass is 15.3. The van der Waals surface area contributed by atoms with Crippen molar-refractivity contribution in [1.82, 2.24) is 10.3 Å². The van der Waals surface area contributed by atoms with E-state index in [1.54, 1.807) is 0 Å². The van der Waals surface area contributed by atoms with Gasteiger partial charge in [0.15, 0.2) is 0 Å². The van der Waals surface area contributed by atoms with Crippen LogP contribution < -0.4 is 10.2 Å². The Morgan fingerprint density at radius 3 is 3.15 bits per heavy atom. The van der Waals surface area contributed by atoms with Gasteiger partial charge >= 0.3 is 0 Å². The van der Waals surface area contributed by atoms with Gasteiger partial charge in [-0.05, 0) is 19.1 Å². The van der Waals surface area contributed by atoms with E-state index in [2.05, 4.69) is 28.2 Å². The van der Waals surface area contributed by atoms with Crippen LogP contribution >= 0.6 is 0 Å². The highest BCUT2D eigenvalue weighted by molar-refractivity contribution is 5.39. The molecule has 1 aliphatic heterocycles. The molecule has 1 N–H and O–H groups in total. The van der Waals surface area contributed by atoms with Crippen LogP contribution in [-0.2, 0) is 0 Å². The Morgan fingerprint density at radius 1 is 1.54 bits per heavy atom. The molecule has 2 heterocycles. The lowest BCUT2D eigenvalue weighted by atomic mass is 10.2. The number of anilines is 1. The molecule has 70 valence electrons. The number of piperazine rings is 1. The zero-order valence-corrected chi connectivity index (χ0v) is 7.90. The first-order valence-corrected chi connectivity index (χ1v) is 4.76. The van der Waals surface area contributed by atoms with E-state index >= 15 is 0 Å². The molecule has 13 heavy (non-hydrogen) atoms. The highest BCUT2D eigenvalue weighted by Crippen LogP contribution is 2.13. The van der Waals surface area contributed by atoms with Crippen LogP contribution in [0.2, 0.25) is 0 Å². The van der Waals surface area contributed by atoms with Crippen molar-refractivity contribution < 1.29 is 0 Å². The first-order chi connectivity index (χ1) is 6.38.